The Hall–Kier alpha value is -2.04. The van der Waals surface area contributed by atoms with Gasteiger partial charge in [0.1, 0.15) is 6.61 Å². The molecule has 0 saturated heterocycles. The number of hydrogen-bond acceptors (Lipinski definition) is 4. The topological polar surface area (TPSA) is 39.7 Å². The lowest BCUT2D eigenvalue weighted by atomic mass is 10.2. The normalized spacial score (nSPS) is 10.3. The molecule has 2 aromatic rings. The van der Waals surface area contributed by atoms with Crippen LogP contribution in [0.4, 0.5) is 0 Å². The summed E-state index contributed by atoms with van der Waals surface area (Å²) in [5.41, 5.74) is 4.92. The van der Waals surface area contributed by atoms with Crippen LogP contribution in [0.15, 0.2) is 48.5 Å². The Morgan fingerprint density at radius 3 is 2.45 bits per heavy atom. The fourth-order valence-electron chi connectivity index (χ4n) is 1.90. The molecule has 0 aliphatic heterocycles. The molecule has 20 heavy (non-hydrogen) atoms. The van der Waals surface area contributed by atoms with Crippen LogP contribution in [0, 0.1) is 0 Å². The SMILES string of the molecule is CONCc1cccc(OC)c1OCc1ccccc1. The van der Waals surface area contributed by atoms with Gasteiger partial charge in [0, 0.05) is 12.1 Å². The Labute approximate surface area is 119 Å². The minimum atomic E-state index is 0.501. The number of hydroxylamine groups is 1. The van der Waals surface area contributed by atoms with Gasteiger partial charge in [0.05, 0.1) is 14.2 Å². The van der Waals surface area contributed by atoms with Gasteiger partial charge in [-0.1, -0.05) is 42.5 Å². The van der Waals surface area contributed by atoms with E-state index < -0.39 is 0 Å². The first kappa shape index (κ1) is 14.4. The van der Waals surface area contributed by atoms with Gasteiger partial charge in [-0.3, -0.25) is 0 Å². The van der Waals surface area contributed by atoms with Crippen molar-refractivity contribution >= 4 is 0 Å². The van der Waals surface area contributed by atoms with Crippen LogP contribution in [0.25, 0.3) is 0 Å². The molecule has 0 aliphatic rings. The van der Waals surface area contributed by atoms with Crippen LogP contribution in [0.2, 0.25) is 0 Å². The molecule has 1 N–H and O–H groups in total. The van der Waals surface area contributed by atoms with Crippen LogP contribution >= 0.6 is 0 Å². The highest BCUT2D eigenvalue weighted by atomic mass is 16.6. The first-order valence-electron chi connectivity index (χ1n) is 6.43. The lowest BCUT2D eigenvalue weighted by molar-refractivity contribution is 0.0857. The molecule has 0 radical (unpaired) electrons. The maximum absolute atomic E-state index is 5.92. The van der Waals surface area contributed by atoms with E-state index in [0.717, 1.165) is 22.6 Å². The van der Waals surface area contributed by atoms with E-state index in [9.17, 15) is 0 Å². The highest BCUT2D eigenvalue weighted by Gasteiger charge is 2.10. The Bertz CT molecular complexity index is 529. The monoisotopic (exact) mass is 273 g/mol. The van der Waals surface area contributed by atoms with Gasteiger partial charge in [0.15, 0.2) is 11.5 Å². The van der Waals surface area contributed by atoms with E-state index in [1.165, 1.54) is 0 Å². The second kappa shape index (κ2) is 7.53. The third-order valence-corrected chi connectivity index (χ3v) is 2.91. The first-order chi connectivity index (χ1) is 9.85. The third-order valence-electron chi connectivity index (χ3n) is 2.91. The standard InChI is InChI=1S/C16H19NO3/c1-18-15-10-6-9-14(11-17-19-2)16(15)20-12-13-7-4-3-5-8-13/h3-10,17H,11-12H2,1-2H3. The fourth-order valence-corrected chi connectivity index (χ4v) is 1.90. The zero-order valence-electron chi connectivity index (χ0n) is 11.8. The Morgan fingerprint density at radius 1 is 0.950 bits per heavy atom. The maximum atomic E-state index is 5.92. The molecule has 4 nitrogen and oxygen atoms in total. The molecule has 0 bridgehead atoms. The summed E-state index contributed by atoms with van der Waals surface area (Å²) in [4.78, 5) is 4.89. The van der Waals surface area contributed by atoms with Crippen molar-refractivity contribution in [2.24, 2.45) is 0 Å². The molecule has 0 atom stereocenters. The summed E-state index contributed by atoms with van der Waals surface area (Å²) in [5.74, 6) is 1.46. The highest BCUT2D eigenvalue weighted by molar-refractivity contribution is 5.46. The van der Waals surface area contributed by atoms with Crippen LogP contribution in [0.5, 0.6) is 11.5 Å². The van der Waals surface area contributed by atoms with Crippen molar-refractivity contribution in [3.8, 4) is 11.5 Å². The molecule has 0 saturated carbocycles. The van der Waals surface area contributed by atoms with Gasteiger partial charge in [-0.05, 0) is 11.6 Å². The van der Waals surface area contributed by atoms with Gasteiger partial charge in [0.2, 0.25) is 0 Å². The second-order valence-electron chi connectivity index (χ2n) is 4.25. The average molecular weight is 273 g/mol. The van der Waals surface area contributed by atoms with E-state index in [2.05, 4.69) is 5.48 Å². The molecule has 0 fully saturated rings. The summed E-state index contributed by atoms with van der Waals surface area (Å²) >= 11 is 0. The quantitative estimate of drug-likeness (QED) is 0.787. The number of para-hydroxylation sites is 1. The summed E-state index contributed by atoms with van der Waals surface area (Å²) in [6.07, 6.45) is 0. The summed E-state index contributed by atoms with van der Waals surface area (Å²) in [5, 5.41) is 0. The van der Waals surface area contributed by atoms with E-state index in [1.54, 1.807) is 14.2 Å². The Morgan fingerprint density at radius 2 is 1.75 bits per heavy atom. The molecule has 0 unspecified atom stereocenters. The van der Waals surface area contributed by atoms with Crippen molar-refractivity contribution in [1.82, 2.24) is 5.48 Å². The van der Waals surface area contributed by atoms with Crippen molar-refractivity contribution in [2.75, 3.05) is 14.2 Å². The smallest absolute Gasteiger partial charge is 0.166 e. The van der Waals surface area contributed by atoms with E-state index in [1.807, 2.05) is 48.5 Å². The number of benzene rings is 2. The molecule has 106 valence electrons. The predicted octanol–water partition coefficient (Wildman–Crippen LogP) is 2.93. The molecule has 0 aliphatic carbocycles. The second-order valence-corrected chi connectivity index (χ2v) is 4.25. The largest absolute Gasteiger partial charge is 0.493 e. The van der Waals surface area contributed by atoms with Gasteiger partial charge >= 0.3 is 0 Å². The number of rotatable bonds is 7. The molecule has 0 spiro atoms. The number of hydrogen-bond donors (Lipinski definition) is 1. The summed E-state index contributed by atoms with van der Waals surface area (Å²) in [7, 11) is 3.23. The van der Waals surface area contributed by atoms with Crippen LogP contribution in [-0.2, 0) is 18.0 Å². The van der Waals surface area contributed by atoms with E-state index in [4.69, 9.17) is 14.3 Å². The summed E-state index contributed by atoms with van der Waals surface area (Å²) in [6, 6.07) is 15.8. The van der Waals surface area contributed by atoms with Crippen molar-refractivity contribution in [1.29, 1.82) is 0 Å². The van der Waals surface area contributed by atoms with Crippen molar-refractivity contribution in [2.45, 2.75) is 13.2 Å². The van der Waals surface area contributed by atoms with Crippen LogP contribution < -0.4 is 15.0 Å². The molecule has 4 heteroatoms. The predicted molar refractivity (Wildman–Crippen MR) is 77.6 cm³/mol. The molecule has 0 aromatic heterocycles. The van der Waals surface area contributed by atoms with E-state index in [-0.39, 0.29) is 0 Å². The zero-order chi connectivity index (χ0) is 14.2. The van der Waals surface area contributed by atoms with Crippen molar-refractivity contribution in [3.05, 3.63) is 59.7 Å². The van der Waals surface area contributed by atoms with Gasteiger partial charge in [0.25, 0.3) is 0 Å². The minimum Gasteiger partial charge on any atom is -0.493 e. The zero-order valence-corrected chi connectivity index (χ0v) is 11.8. The van der Waals surface area contributed by atoms with E-state index >= 15 is 0 Å². The van der Waals surface area contributed by atoms with Gasteiger partial charge in [-0.25, -0.2) is 0 Å². The average Bonchev–Trinajstić information content (AvgIpc) is 2.52. The number of ether oxygens (including phenoxy) is 2. The molecule has 0 heterocycles. The summed E-state index contributed by atoms with van der Waals surface area (Å²) < 4.78 is 11.3. The number of methoxy groups -OCH3 is 1. The Kier molecular flexibility index (Phi) is 5.41. The van der Waals surface area contributed by atoms with Crippen LogP contribution in [0.3, 0.4) is 0 Å². The Balaban J connectivity index is 2.15. The van der Waals surface area contributed by atoms with Gasteiger partial charge < -0.3 is 14.3 Å². The van der Waals surface area contributed by atoms with Crippen molar-refractivity contribution < 1.29 is 14.3 Å². The fraction of sp³-hybridized carbons (Fsp3) is 0.250. The molecule has 2 aromatic carbocycles. The molecule has 0 amide bonds. The minimum absolute atomic E-state index is 0.501. The lowest BCUT2D eigenvalue weighted by Gasteiger charge is -2.15. The van der Waals surface area contributed by atoms with Crippen LogP contribution in [-0.4, -0.2) is 14.2 Å². The van der Waals surface area contributed by atoms with Crippen LogP contribution in [0.1, 0.15) is 11.1 Å². The highest BCUT2D eigenvalue weighted by Crippen LogP contribution is 2.31. The van der Waals surface area contributed by atoms with Gasteiger partial charge in [-0.2, -0.15) is 5.48 Å². The first-order valence-corrected chi connectivity index (χ1v) is 6.43. The summed E-state index contributed by atoms with van der Waals surface area (Å²) in [6.45, 7) is 1.05. The van der Waals surface area contributed by atoms with E-state index in [0.29, 0.717) is 13.2 Å². The third kappa shape index (κ3) is 3.73. The molecule has 2 rings (SSSR count). The molecular formula is C16H19NO3. The molecular weight excluding hydrogens is 254 g/mol. The maximum Gasteiger partial charge on any atom is 0.166 e. The van der Waals surface area contributed by atoms with Crippen molar-refractivity contribution in [3.63, 3.8) is 0 Å². The van der Waals surface area contributed by atoms with Gasteiger partial charge in [-0.15, -0.1) is 0 Å². The number of nitrogens with one attached hydrogen (secondary N) is 1. The lowest BCUT2D eigenvalue weighted by Crippen LogP contribution is -2.12.